The van der Waals surface area contributed by atoms with Crippen molar-refractivity contribution in [2.45, 2.75) is 38.3 Å². The number of carbonyl (C=O) groups excluding carboxylic acids is 1. The van der Waals surface area contributed by atoms with Crippen molar-refractivity contribution in [3.8, 4) is 5.75 Å². The summed E-state index contributed by atoms with van der Waals surface area (Å²) in [5.74, 6) is -0.249. The van der Waals surface area contributed by atoms with Gasteiger partial charge in [-0.25, -0.2) is 0 Å². The fourth-order valence-electron chi connectivity index (χ4n) is 3.73. The van der Waals surface area contributed by atoms with Gasteiger partial charge < -0.3 is 10.1 Å². The van der Waals surface area contributed by atoms with Gasteiger partial charge in [-0.05, 0) is 31.0 Å². The Morgan fingerprint density at radius 3 is 2.54 bits per heavy atom. The summed E-state index contributed by atoms with van der Waals surface area (Å²) in [5.41, 5.74) is 0.464. The molecule has 0 radical (unpaired) electrons. The molecule has 0 spiro atoms. The molecule has 1 aromatic rings. The number of piperazine rings is 1. The molecule has 0 bridgehead atoms. The minimum absolute atomic E-state index is 0.0354. The minimum Gasteiger partial charge on any atom is -0.433 e. The van der Waals surface area contributed by atoms with E-state index in [1.54, 1.807) is 0 Å². The molecule has 1 N–H and O–H groups in total. The van der Waals surface area contributed by atoms with E-state index in [2.05, 4.69) is 19.9 Å². The maximum Gasteiger partial charge on any atom is 0.387 e. The molecule has 1 aromatic carbocycles. The number of hydrogen-bond acceptors (Lipinski definition) is 4. The van der Waals surface area contributed by atoms with Crippen molar-refractivity contribution >= 4 is 23.2 Å². The van der Waals surface area contributed by atoms with E-state index < -0.39 is 6.61 Å². The highest BCUT2D eigenvalue weighted by molar-refractivity contribution is 6.32. The maximum atomic E-state index is 12.2. The Morgan fingerprint density at radius 1 is 1.23 bits per heavy atom. The zero-order chi connectivity index (χ0) is 18.5. The molecule has 2 aliphatic rings. The van der Waals surface area contributed by atoms with Gasteiger partial charge in [-0.1, -0.05) is 24.4 Å². The molecule has 1 aliphatic carbocycles. The lowest BCUT2D eigenvalue weighted by Gasteiger charge is -2.37. The molecule has 1 heterocycles. The predicted molar refractivity (Wildman–Crippen MR) is 97.0 cm³/mol. The van der Waals surface area contributed by atoms with E-state index in [4.69, 9.17) is 11.6 Å². The number of amides is 1. The summed E-state index contributed by atoms with van der Waals surface area (Å²) < 4.78 is 28.8. The second kappa shape index (κ2) is 8.97. The number of anilines is 1. The van der Waals surface area contributed by atoms with Gasteiger partial charge in [-0.3, -0.25) is 14.6 Å². The third-order valence-corrected chi connectivity index (χ3v) is 5.34. The Hall–Kier alpha value is -1.44. The Morgan fingerprint density at radius 2 is 1.92 bits per heavy atom. The number of rotatable bonds is 6. The van der Waals surface area contributed by atoms with E-state index in [1.165, 1.54) is 43.9 Å². The monoisotopic (exact) mass is 387 g/mol. The van der Waals surface area contributed by atoms with Gasteiger partial charge in [0.1, 0.15) is 5.75 Å². The number of hydrogen-bond donors (Lipinski definition) is 1. The van der Waals surface area contributed by atoms with Crippen molar-refractivity contribution in [3.05, 3.63) is 23.2 Å². The molecule has 1 amide bonds. The number of carbonyl (C=O) groups is 1. The van der Waals surface area contributed by atoms with Crippen molar-refractivity contribution in [1.29, 1.82) is 0 Å². The highest BCUT2D eigenvalue weighted by atomic mass is 35.5. The topological polar surface area (TPSA) is 44.8 Å². The predicted octanol–water partition coefficient (Wildman–Crippen LogP) is 3.44. The van der Waals surface area contributed by atoms with E-state index in [0.29, 0.717) is 12.2 Å². The third-order valence-electron chi connectivity index (χ3n) is 5.05. The molecule has 3 rings (SSSR count). The molecule has 8 heteroatoms. The first kappa shape index (κ1) is 19.3. The normalized spacial score (nSPS) is 19.8. The summed E-state index contributed by atoms with van der Waals surface area (Å²) in [6.07, 6.45) is 5.26. The molecule has 26 heavy (non-hydrogen) atoms. The number of benzene rings is 1. The van der Waals surface area contributed by atoms with E-state index in [1.807, 2.05) is 0 Å². The van der Waals surface area contributed by atoms with Crippen LogP contribution in [-0.2, 0) is 4.79 Å². The smallest absolute Gasteiger partial charge is 0.387 e. The molecule has 0 unspecified atom stereocenters. The molecular formula is C18H24ClF2N3O2. The molecule has 0 atom stereocenters. The van der Waals surface area contributed by atoms with Crippen LogP contribution >= 0.6 is 11.6 Å². The van der Waals surface area contributed by atoms with Crippen LogP contribution in [0, 0.1) is 0 Å². The van der Waals surface area contributed by atoms with Crippen molar-refractivity contribution in [1.82, 2.24) is 9.80 Å². The molecular weight excluding hydrogens is 364 g/mol. The maximum absolute atomic E-state index is 12.2. The lowest BCUT2D eigenvalue weighted by Crippen LogP contribution is -2.51. The molecule has 1 saturated heterocycles. The number of halogens is 3. The van der Waals surface area contributed by atoms with Crippen LogP contribution in [0.25, 0.3) is 0 Å². The third kappa shape index (κ3) is 5.28. The lowest BCUT2D eigenvalue weighted by molar-refractivity contribution is -0.117. The summed E-state index contributed by atoms with van der Waals surface area (Å²) in [4.78, 5) is 16.9. The summed E-state index contributed by atoms with van der Waals surface area (Å²) in [5, 5.41) is 2.79. The minimum atomic E-state index is -2.93. The Bertz CT molecular complexity index is 618. The van der Waals surface area contributed by atoms with Gasteiger partial charge in [-0.2, -0.15) is 8.78 Å². The van der Waals surface area contributed by atoms with E-state index >= 15 is 0 Å². The van der Waals surface area contributed by atoms with Crippen molar-refractivity contribution in [3.63, 3.8) is 0 Å². The lowest BCUT2D eigenvalue weighted by atomic mass is 10.2. The van der Waals surface area contributed by atoms with Crippen LogP contribution in [0.1, 0.15) is 25.7 Å². The average Bonchev–Trinajstić information content (AvgIpc) is 3.12. The van der Waals surface area contributed by atoms with E-state index in [0.717, 1.165) is 32.2 Å². The van der Waals surface area contributed by atoms with Gasteiger partial charge >= 0.3 is 6.61 Å². The van der Waals surface area contributed by atoms with Gasteiger partial charge in [0.15, 0.2) is 0 Å². The average molecular weight is 388 g/mol. The van der Waals surface area contributed by atoms with Crippen LogP contribution in [0.4, 0.5) is 14.5 Å². The Kier molecular flexibility index (Phi) is 6.67. The molecule has 2 fully saturated rings. The number of alkyl halides is 2. The quantitative estimate of drug-likeness (QED) is 0.812. The second-order valence-electron chi connectivity index (χ2n) is 6.82. The second-order valence-corrected chi connectivity index (χ2v) is 7.23. The summed E-state index contributed by atoms with van der Waals surface area (Å²) in [7, 11) is 0. The van der Waals surface area contributed by atoms with Gasteiger partial charge in [0.2, 0.25) is 5.91 Å². The van der Waals surface area contributed by atoms with E-state index in [9.17, 15) is 13.6 Å². The van der Waals surface area contributed by atoms with Crippen LogP contribution in [0.5, 0.6) is 5.75 Å². The van der Waals surface area contributed by atoms with Crippen LogP contribution in [0.2, 0.25) is 5.02 Å². The zero-order valence-electron chi connectivity index (χ0n) is 14.6. The summed E-state index contributed by atoms with van der Waals surface area (Å²) in [6.45, 7) is 1.14. The molecule has 1 saturated carbocycles. The van der Waals surface area contributed by atoms with Gasteiger partial charge in [0.05, 0.1) is 11.6 Å². The van der Waals surface area contributed by atoms with Crippen LogP contribution in [0.15, 0.2) is 18.2 Å². The van der Waals surface area contributed by atoms with Crippen LogP contribution in [0.3, 0.4) is 0 Å². The number of ether oxygens (including phenoxy) is 1. The number of nitrogens with one attached hydrogen (secondary N) is 1. The summed E-state index contributed by atoms with van der Waals surface area (Å²) in [6, 6.07) is 4.96. The first-order valence-electron chi connectivity index (χ1n) is 9.02. The molecule has 0 aromatic heterocycles. The van der Waals surface area contributed by atoms with Crippen molar-refractivity contribution in [2.24, 2.45) is 0 Å². The van der Waals surface area contributed by atoms with Gasteiger partial charge in [0.25, 0.3) is 0 Å². The standard InChI is InChI=1S/C18H24ClF2N3O2/c19-15-11-13(5-6-16(15)26-18(20)21)22-17(25)12-23-7-9-24(10-8-23)14-3-1-2-4-14/h5-6,11,14,18H,1-4,7-10,12H2,(H,22,25). The SMILES string of the molecule is O=C(CN1CCN(C2CCCC2)CC1)Nc1ccc(OC(F)F)c(Cl)c1. The highest BCUT2D eigenvalue weighted by Gasteiger charge is 2.26. The zero-order valence-corrected chi connectivity index (χ0v) is 15.4. The van der Waals surface area contributed by atoms with Crippen molar-refractivity contribution < 1.29 is 18.3 Å². The largest absolute Gasteiger partial charge is 0.433 e. The fourth-order valence-corrected chi connectivity index (χ4v) is 3.95. The summed E-state index contributed by atoms with van der Waals surface area (Å²) >= 11 is 5.90. The van der Waals surface area contributed by atoms with Gasteiger partial charge in [-0.15, -0.1) is 0 Å². The van der Waals surface area contributed by atoms with Crippen molar-refractivity contribution in [2.75, 3.05) is 38.0 Å². The molecule has 1 aliphatic heterocycles. The van der Waals surface area contributed by atoms with E-state index in [-0.39, 0.29) is 16.7 Å². The van der Waals surface area contributed by atoms with Gasteiger partial charge in [0, 0.05) is 37.9 Å². The number of nitrogens with zero attached hydrogens (tertiary/aromatic N) is 2. The fraction of sp³-hybridized carbons (Fsp3) is 0.611. The molecule has 5 nitrogen and oxygen atoms in total. The Balaban J connectivity index is 1.45. The first-order valence-corrected chi connectivity index (χ1v) is 9.39. The molecule has 144 valence electrons. The highest BCUT2D eigenvalue weighted by Crippen LogP contribution is 2.29. The Labute approximate surface area is 157 Å². The van der Waals surface area contributed by atoms with Crippen LogP contribution < -0.4 is 10.1 Å². The van der Waals surface area contributed by atoms with Crippen LogP contribution in [-0.4, -0.2) is 61.1 Å². The first-order chi connectivity index (χ1) is 12.5.